The molecule has 1 heterocycles. The standard InChI is InChI=1S/C51H62N2O8S/c1-4-29-59-51-47(53(50(56)57-5-2)35-38-20-16-19-36-17-10-11-23-41(36)38)34-45(52-60-6-3)43-32-37(18-12-14-27-54)42(24-13-15-28-55)48(49(43)51)44-33-39(25-26-46(44)61-51)58-30-31-62-40-21-8-7-9-22-40/h4,7-11,16-17,19-23,25-26,32-33,37,42,47-49,54-55H,1,5-6,12-15,18,24,27-31,34-35H2,2-3H3. The zero-order valence-electron chi connectivity index (χ0n) is 36.2. The molecule has 4 aromatic carbocycles. The molecule has 2 N–H and O–H groups in total. The monoisotopic (exact) mass is 862 g/mol. The Balaban J connectivity index is 1.40. The third-order valence-electron chi connectivity index (χ3n) is 12.4. The van der Waals surface area contributed by atoms with Crippen LogP contribution in [0.5, 0.6) is 11.5 Å². The number of ether oxygens (including phenoxy) is 4. The third-order valence-corrected chi connectivity index (χ3v) is 13.4. The van der Waals surface area contributed by atoms with Crippen LogP contribution in [-0.2, 0) is 20.9 Å². The molecular formula is C51H62N2O8S. The minimum atomic E-state index is -1.40. The van der Waals surface area contributed by atoms with E-state index in [2.05, 4.69) is 55.1 Å². The molecule has 3 aliphatic rings. The number of thioether (sulfide) groups is 1. The number of hydrogen-bond donors (Lipinski definition) is 2. The first-order valence-electron chi connectivity index (χ1n) is 22.4. The number of fused-ring (bicyclic) bond motifs is 3. The van der Waals surface area contributed by atoms with E-state index in [-0.39, 0.29) is 57.1 Å². The van der Waals surface area contributed by atoms with Crippen LogP contribution >= 0.6 is 11.8 Å². The molecule has 330 valence electrons. The predicted octanol–water partition coefficient (Wildman–Crippen LogP) is 10.3. The molecule has 6 unspecified atom stereocenters. The molecule has 1 amide bonds. The normalized spacial score (nSPS) is 23.1. The van der Waals surface area contributed by atoms with Crippen LogP contribution in [0.2, 0.25) is 0 Å². The highest BCUT2D eigenvalue weighted by atomic mass is 32.2. The number of unbranched alkanes of at least 4 members (excludes halogenated alkanes) is 2. The van der Waals surface area contributed by atoms with Gasteiger partial charge in [0.15, 0.2) is 0 Å². The molecule has 2 aliphatic carbocycles. The van der Waals surface area contributed by atoms with Gasteiger partial charge in [-0.1, -0.05) is 90.8 Å². The number of carbonyl (C=O) groups is 1. The molecular weight excluding hydrogens is 801 g/mol. The summed E-state index contributed by atoms with van der Waals surface area (Å²) in [4.78, 5) is 23.5. The number of rotatable bonds is 22. The second-order valence-corrected chi connectivity index (χ2v) is 17.3. The summed E-state index contributed by atoms with van der Waals surface area (Å²) in [6, 6.07) is 30.1. The van der Waals surface area contributed by atoms with E-state index in [0.717, 1.165) is 70.4 Å². The van der Waals surface area contributed by atoms with Gasteiger partial charge in [-0.25, -0.2) is 4.79 Å². The van der Waals surface area contributed by atoms with Crippen molar-refractivity contribution in [1.29, 1.82) is 0 Å². The van der Waals surface area contributed by atoms with E-state index in [1.165, 1.54) is 4.90 Å². The Bertz CT molecular complexity index is 2160. The summed E-state index contributed by atoms with van der Waals surface area (Å²) < 4.78 is 27.0. The SMILES string of the molecule is C=CCOC12Oc3ccc(OCCSc4ccccc4)cc3C3C(CCCCO)C(CCCCO)C=C(C(=NOCC)CC1N(Cc1cccc4ccccc14)C(=O)OCC)C32. The maximum absolute atomic E-state index is 14.6. The van der Waals surface area contributed by atoms with Crippen LogP contribution < -0.4 is 9.47 Å². The molecule has 1 aliphatic heterocycles. The van der Waals surface area contributed by atoms with Gasteiger partial charge in [-0.3, -0.25) is 4.90 Å². The van der Waals surface area contributed by atoms with Gasteiger partial charge in [0.25, 0.3) is 0 Å². The molecule has 0 radical (unpaired) electrons. The summed E-state index contributed by atoms with van der Waals surface area (Å²) in [6.45, 7) is 9.52. The van der Waals surface area contributed by atoms with Crippen molar-refractivity contribution in [3.8, 4) is 11.5 Å². The van der Waals surface area contributed by atoms with Crippen LogP contribution in [0.15, 0.2) is 125 Å². The molecule has 6 atom stereocenters. The van der Waals surface area contributed by atoms with Crippen molar-refractivity contribution in [3.05, 3.63) is 126 Å². The first-order valence-corrected chi connectivity index (χ1v) is 23.4. The van der Waals surface area contributed by atoms with Gasteiger partial charge in [-0.2, -0.15) is 0 Å². The van der Waals surface area contributed by atoms with E-state index in [4.69, 9.17) is 28.9 Å². The Morgan fingerprint density at radius 3 is 2.50 bits per heavy atom. The Morgan fingerprint density at radius 1 is 0.952 bits per heavy atom. The van der Waals surface area contributed by atoms with Crippen molar-refractivity contribution in [2.45, 2.75) is 88.0 Å². The largest absolute Gasteiger partial charge is 0.493 e. The number of benzene rings is 4. The van der Waals surface area contributed by atoms with Crippen LogP contribution in [0.4, 0.5) is 4.79 Å². The summed E-state index contributed by atoms with van der Waals surface area (Å²) in [6.07, 6.45) is 8.66. The minimum Gasteiger partial charge on any atom is -0.493 e. The second-order valence-electron chi connectivity index (χ2n) is 16.2. The highest BCUT2D eigenvalue weighted by Gasteiger charge is 2.65. The number of amides is 1. The van der Waals surface area contributed by atoms with E-state index in [1.54, 1.807) is 22.7 Å². The van der Waals surface area contributed by atoms with Crippen molar-refractivity contribution in [2.75, 3.05) is 45.4 Å². The quantitative estimate of drug-likeness (QED) is 0.0344. The number of hydrogen-bond acceptors (Lipinski definition) is 10. The van der Waals surface area contributed by atoms with Crippen LogP contribution in [0.1, 0.15) is 75.8 Å². The van der Waals surface area contributed by atoms with Crippen LogP contribution in [0.25, 0.3) is 10.8 Å². The maximum atomic E-state index is 14.6. The van der Waals surface area contributed by atoms with Gasteiger partial charge in [-0.05, 0) is 104 Å². The van der Waals surface area contributed by atoms with Crippen molar-refractivity contribution < 1.29 is 38.8 Å². The van der Waals surface area contributed by atoms with Gasteiger partial charge < -0.3 is 34.0 Å². The molecule has 7 rings (SSSR count). The third kappa shape index (κ3) is 10.0. The Morgan fingerprint density at radius 2 is 1.73 bits per heavy atom. The molecule has 10 nitrogen and oxygen atoms in total. The average Bonchev–Trinajstić information content (AvgIpc) is 3.30. The molecule has 4 aromatic rings. The van der Waals surface area contributed by atoms with Gasteiger partial charge in [0.2, 0.25) is 5.79 Å². The Labute approximate surface area is 370 Å². The first-order chi connectivity index (χ1) is 30.5. The van der Waals surface area contributed by atoms with Crippen LogP contribution in [-0.4, -0.2) is 84.1 Å². The number of nitrogens with zero attached hydrogens (tertiary/aromatic N) is 2. The maximum Gasteiger partial charge on any atom is 0.410 e. The minimum absolute atomic E-state index is 0.0911. The topological polar surface area (TPSA) is 119 Å². The lowest BCUT2D eigenvalue weighted by Crippen LogP contribution is -2.70. The fourth-order valence-corrected chi connectivity index (χ4v) is 10.6. The molecule has 0 spiro atoms. The summed E-state index contributed by atoms with van der Waals surface area (Å²) >= 11 is 1.75. The molecule has 0 aromatic heterocycles. The van der Waals surface area contributed by atoms with E-state index < -0.39 is 23.8 Å². The first kappa shape index (κ1) is 45.2. The fraction of sp³-hybridized carbons (Fsp3) is 0.451. The molecule has 1 fully saturated rings. The smallest absolute Gasteiger partial charge is 0.410 e. The molecule has 0 bridgehead atoms. The van der Waals surface area contributed by atoms with Crippen molar-refractivity contribution in [2.24, 2.45) is 22.9 Å². The fourth-order valence-electron chi connectivity index (χ4n) is 9.84. The number of aliphatic hydroxyl groups is 2. The summed E-state index contributed by atoms with van der Waals surface area (Å²) in [5, 5.41) is 26.9. The lowest BCUT2D eigenvalue weighted by Gasteiger charge is -2.59. The molecule has 62 heavy (non-hydrogen) atoms. The van der Waals surface area contributed by atoms with Gasteiger partial charge in [0.05, 0.1) is 38.0 Å². The zero-order valence-corrected chi connectivity index (χ0v) is 37.0. The number of carbonyl (C=O) groups excluding carboxylic acids is 1. The molecule has 11 heteroatoms. The number of allylic oxidation sites excluding steroid dienone is 1. The number of oxime groups is 1. The predicted molar refractivity (Wildman–Crippen MR) is 246 cm³/mol. The number of aliphatic hydroxyl groups excluding tert-OH is 2. The summed E-state index contributed by atoms with van der Waals surface area (Å²) in [5.74, 6) is 0.412. The Hall–Kier alpha value is -4.81. The zero-order chi connectivity index (χ0) is 43.3. The van der Waals surface area contributed by atoms with Crippen molar-refractivity contribution >= 4 is 34.3 Å². The van der Waals surface area contributed by atoms with Crippen molar-refractivity contribution in [3.63, 3.8) is 0 Å². The summed E-state index contributed by atoms with van der Waals surface area (Å²) in [5.41, 5.74) is 3.71. The van der Waals surface area contributed by atoms with Crippen LogP contribution in [0.3, 0.4) is 0 Å². The summed E-state index contributed by atoms with van der Waals surface area (Å²) in [7, 11) is 0. The van der Waals surface area contributed by atoms with E-state index in [1.807, 2.05) is 62.4 Å². The Kier molecular flexibility index (Phi) is 16.1. The average molecular weight is 863 g/mol. The lowest BCUT2D eigenvalue weighted by molar-refractivity contribution is -0.256. The highest BCUT2D eigenvalue weighted by Crippen LogP contribution is 2.62. The van der Waals surface area contributed by atoms with Crippen LogP contribution in [0, 0.1) is 17.8 Å². The highest BCUT2D eigenvalue weighted by molar-refractivity contribution is 7.99. The van der Waals surface area contributed by atoms with Gasteiger partial charge in [-0.15, -0.1) is 18.3 Å². The van der Waals surface area contributed by atoms with Crippen molar-refractivity contribution in [1.82, 2.24) is 4.90 Å². The second kappa shape index (κ2) is 22.0. The van der Waals surface area contributed by atoms with E-state index in [0.29, 0.717) is 31.8 Å². The van der Waals surface area contributed by atoms with Gasteiger partial charge in [0, 0.05) is 41.8 Å². The molecule has 0 saturated heterocycles. The van der Waals surface area contributed by atoms with E-state index >= 15 is 0 Å². The van der Waals surface area contributed by atoms with Gasteiger partial charge >= 0.3 is 6.09 Å². The van der Waals surface area contributed by atoms with Gasteiger partial charge in [0.1, 0.15) is 24.1 Å². The lowest BCUT2D eigenvalue weighted by atomic mass is 9.55. The van der Waals surface area contributed by atoms with E-state index in [9.17, 15) is 15.0 Å². The molecule has 1 saturated carbocycles.